The fourth-order valence-corrected chi connectivity index (χ4v) is 4.28. The van der Waals surface area contributed by atoms with Crippen LogP contribution in [0.25, 0.3) is 10.1 Å². The molecule has 0 radical (unpaired) electrons. The molecule has 130 valence electrons. The monoisotopic (exact) mass is 356 g/mol. The van der Waals surface area contributed by atoms with Crippen molar-refractivity contribution in [2.75, 3.05) is 32.7 Å². The molecule has 1 aliphatic heterocycles. The van der Waals surface area contributed by atoms with Crippen molar-refractivity contribution in [3.8, 4) is 0 Å². The van der Waals surface area contributed by atoms with Crippen LogP contribution in [-0.2, 0) is 0 Å². The molecule has 0 saturated carbocycles. The van der Waals surface area contributed by atoms with Crippen molar-refractivity contribution in [3.05, 3.63) is 34.7 Å². The molecule has 0 spiro atoms. The number of hydrogen-bond acceptors (Lipinski definition) is 3. The van der Waals surface area contributed by atoms with Gasteiger partial charge in [0, 0.05) is 30.9 Å². The van der Waals surface area contributed by atoms with E-state index >= 15 is 0 Å². The molecule has 1 aromatic heterocycles. The molecule has 3 rings (SSSR count). The molecule has 0 atom stereocenters. The fraction of sp³-hybridized carbons (Fsp3) is 0.471. The minimum atomic E-state index is -4.19. The summed E-state index contributed by atoms with van der Waals surface area (Å²) in [5, 5.41) is 1.07. The van der Waals surface area contributed by atoms with Gasteiger partial charge in [0.1, 0.15) is 0 Å². The number of carbonyl (C=O) groups is 1. The molecule has 7 heteroatoms. The highest BCUT2D eigenvalue weighted by atomic mass is 32.1. The molecule has 1 amide bonds. The lowest BCUT2D eigenvalue weighted by atomic mass is 10.1. The minimum absolute atomic E-state index is 0.0671. The minimum Gasteiger partial charge on any atom is -0.337 e. The molecular weight excluding hydrogens is 337 g/mol. The van der Waals surface area contributed by atoms with E-state index in [1.807, 2.05) is 31.2 Å². The van der Waals surface area contributed by atoms with Gasteiger partial charge in [0.25, 0.3) is 5.91 Å². The van der Waals surface area contributed by atoms with Crippen molar-refractivity contribution >= 4 is 27.3 Å². The molecule has 1 fully saturated rings. The number of benzene rings is 1. The Morgan fingerprint density at radius 2 is 1.92 bits per heavy atom. The van der Waals surface area contributed by atoms with E-state index in [0.29, 0.717) is 30.9 Å². The van der Waals surface area contributed by atoms with Crippen LogP contribution in [0.4, 0.5) is 13.2 Å². The van der Waals surface area contributed by atoms with E-state index in [4.69, 9.17) is 0 Å². The lowest BCUT2D eigenvalue weighted by Crippen LogP contribution is -2.38. The third kappa shape index (κ3) is 3.72. The van der Waals surface area contributed by atoms with Crippen LogP contribution in [0.5, 0.6) is 0 Å². The molecule has 0 N–H and O–H groups in total. The quantitative estimate of drug-likeness (QED) is 0.814. The Morgan fingerprint density at radius 1 is 1.17 bits per heavy atom. The third-order valence-electron chi connectivity index (χ3n) is 4.32. The van der Waals surface area contributed by atoms with Gasteiger partial charge in [0.15, 0.2) is 0 Å². The Balaban J connectivity index is 1.74. The van der Waals surface area contributed by atoms with E-state index in [9.17, 15) is 18.0 Å². The Hall–Kier alpha value is -1.60. The zero-order chi connectivity index (χ0) is 17.3. The molecule has 24 heavy (non-hydrogen) atoms. The number of nitrogens with zero attached hydrogens (tertiary/aromatic N) is 2. The molecule has 1 saturated heterocycles. The van der Waals surface area contributed by atoms with Crippen LogP contribution in [0.3, 0.4) is 0 Å². The van der Waals surface area contributed by atoms with Crippen molar-refractivity contribution in [3.63, 3.8) is 0 Å². The van der Waals surface area contributed by atoms with Gasteiger partial charge >= 0.3 is 6.18 Å². The summed E-state index contributed by atoms with van der Waals surface area (Å²) in [5.74, 6) is -0.0671. The lowest BCUT2D eigenvalue weighted by molar-refractivity contribution is -0.145. The lowest BCUT2D eigenvalue weighted by Gasteiger charge is -2.22. The van der Waals surface area contributed by atoms with E-state index in [-0.39, 0.29) is 12.5 Å². The Bertz CT molecular complexity index is 741. The number of amides is 1. The second-order valence-electron chi connectivity index (χ2n) is 6.09. The van der Waals surface area contributed by atoms with Gasteiger partial charge in [-0.25, -0.2) is 0 Å². The Kier molecular flexibility index (Phi) is 4.83. The van der Waals surface area contributed by atoms with Crippen molar-refractivity contribution in [2.45, 2.75) is 19.5 Å². The standard InChI is InChI=1S/C17H19F3N2OS/c1-12-13-5-2-3-6-14(13)24-15(12)16(23)22-8-4-7-21(9-10-22)11-17(18,19)20/h2-3,5-6H,4,7-11H2,1H3. The second-order valence-corrected chi connectivity index (χ2v) is 7.14. The summed E-state index contributed by atoms with van der Waals surface area (Å²) < 4.78 is 38.7. The predicted molar refractivity (Wildman–Crippen MR) is 89.6 cm³/mol. The maximum absolute atomic E-state index is 12.8. The topological polar surface area (TPSA) is 23.6 Å². The smallest absolute Gasteiger partial charge is 0.337 e. The van der Waals surface area contributed by atoms with E-state index in [1.165, 1.54) is 16.2 Å². The van der Waals surface area contributed by atoms with Crippen LogP contribution >= 0.6 is 11.3 Å². The van der Waals surface area contributed by atoms with Crippen LogP contribution in [0.2, 0.25) is 0 Å². The van der Waals surface area contributed by atoms with Gasteiger partial charge in [-0.3, -0.25) is 9.69 Å². The number of halogens is 3. The second kappa shape index (κ2) is 6.72. The van der Waals surface area contributed by atoms with Crippen LogP contribution in [0.15, 0.2) is 24.3 Å². The van der Waals surface area contributed by atoms with Crippen LogP contribution < -0.4 is 0 Å². The van der Waals surface area contributed by atoms with Crippen molar-refractivity contribution in [1.29, 1.82) is 0 Å². The molecule has 0 aliphatic carbocycles. The van der Waals surface area contributed by atoms with Crippen molar-refractivity contribution in [2.24, 2.45) is 0 Å². The number of thiophene rings is 1. The highest BCUT2D eigenvalue weighted by Gasteiger charge is 2.32. The molecule has 1 aliphatic rings. The van der Waals surface area contributed by atoms with E-state index < -0.39 is 12.7 Å². The van der Waals surface area contributed by atoms with Gasteiger partial charge in [-0.05, 0) is 30.4 Å². The van der Waals surface area contributed by atoms with Crippen LogP contribution in [0, 0.1) is 6.92 Å². The molecule has 3 nitrogen and oxygen atoms in total. The predicted octanol–water partition coefficient (Wildman–Crippen LogP) is 3.92. The molecule has 2 heterocycles. The average molecular weight is 356 g/mol. The normalized spacial score (nSPS) is 17.2. The molecule has 0 unspecified atom stereocenters. The van der Waals surface area contributed by atoms with Gasteiger partial charge in [-0.15, -0.1) is 11.3 Å². The summed E-state index contributed by atoms with van der Waals surface area (Å²) in [7, 11) is 0. The SMILES string of the molecule is Cc1c(C(=O)N2CCCN(CC(F)(F)F)CC2)sc2ccccc12. The number of rotatable bonds is 2. The first-order valence-electron chi connectivity index (χ1n) is 7.91. The maximum Gasteiger partial charge on any atom is 0.401 e. The van der Waals surface area contributed by atoms with Gasteiger partial charge in [-0.2, -0.15) is 13.2 Å². The number of fused-ring (bicyclic) bond motifs is 1. The van der Waals surface area contributed by atoms with Gasteiger partial charge < -0.3 is 4.90 Å². The third-order valence-corrected chi connectivity index (χ3v) is 5.58. The maximum atomic E-state index is 12.8. The van der Waals surface area contributed by atoms with E-state index in [0.717, 1.165) is 15.6 Å². The first-order valence-corrected chi connectivity index (χ1v) is 8.73. The van der Waals surface area contributed by atoms with Crippen molar-refractivity contribution < 1.29 is 18.0 Å². The fourth-order valence-electron chi connectivity index (χ4n) is 3.11. The molecule has 1 aromatic carbocycles. The zero-order valence-electron chi connectivity index (χ0n) is 13.4. The van der Waals surface area contributed by atoms with E-state index in [1.54, 1.807) is 4.90 Å². The summed E-state index contributed by atoms with van der Waals surface area (Å²) in [6.45, 7) is 2.49. The Labute approximate surface area is 142 Å². The number of carbonyl (C=O) groups excluding carboxylic acids is 1. The molecule has 2 aromatic rings. The van der Waals surface area contributed by atoms with Crippen LogP contribution in [0.1, 0.15) is 21.7 Å². The first-order chi connectivity index (χ1) is 11.3. The zero-order valence-corrected chi connectivity index (χ0v) is 14.2. The molecular formula is C17H19F3N2OS. The summed E-state index contributed by atoms with van der Waals surface area (Å²) >= 11 is 1.46. The highest BCUT2D eigenvalue weighted by molar-refractivity contribution is 7.21. The number of hydrogen-bond donors (Lipinski definition) is 0. The largest absolute Gasteiger partial charge is 0.401 e. The Morgan fingerprint density at radius 3 is 2.62 bits per heavy atom. The first kappa shape index (κ1) is 17.2. The van der Waals surface area contributed by atoms with Crippen molar-refractivity contribution in [1.82, 2.24) is 9.80 Å². The summed E-state index contributed by atoms with van der Waals surface area (Å²) in [5.41, 5.74) is 0.956. The van der Waals surface area contributed by atoms with Gasteiger partial charge in [0.2, 0.25) is 0 Å². The number of alkyl halides is 3. The summed E-state index contributed by atoms with van der Waals surface area (Å²) in [6.07, 6.45) is -3.63. The molecule has 0 bridgehead atoms. The van der Waals surface area contributed by atoms with Crippen LogP contribution in [-0.4, -0.2) is 54.6 Å². The summed E-state index contributed by atoms with van der Waals surface area (Å²) in [4.78, 5) is 16.6. The summed E-state index contributed by atoms with van der Waals surface area (Å²) in [6, 6.07) is 7.85. The highest BCUT2D eigenvalue weighted by Crippen LogP contribution is 2.31. The van der Waals surface area contributed by atoms with E-state index in [2.05, 4.69) is 0 Å². The van der Waals surface area contributed by atoms with Gasteiger partial charge in [0.05, 0.1) is 11.4 Å². The average Bonchev–Trinajstić information content (AvgIpc) is 2.69. The van der Waals surface area contributed by atoms with Gasteiger partial charge in [-0.1, -0.05) is 18.2 Å². The number of aryl methyl sites for hydroxylation is 1.